The minimum Gasteiger partial charge on any atom is -0.481 e. The number of nitrogens with zero attached hydrogens (tertiary/aromatic N) is 1. The molecule has 35 heavy (non-hydrogen) atoms. The van der Waals surface area contributed by atoms with E-state index in [1.165, 1.54) is 0 Å². The van der Waals surface area contributed by atoms with Crippen LogP contribution in [0.2, 0.25) is 0 Å². The molecule has 2 amide bonds. The molecule has 1 fully saturated rings. The second-order valence-corrected chi connectivity index (χ2v) is 10.7. The summed E-state index contributed by atoms with van der Waals surface area (Å²) in [7, 11) is 0. The lowest BCUT2D eigenvalue weighted by molar-refractivity contribution is -0.149. The molecule has 2 N–H and O–H groups in total. The van der Waals surface area contributed by atoms with E-state index in [9.17, 15) is 19.5 Å². The highest BCUT2D eigenvalue weighted by molar-refractivity contribution is 5.87. The van der Waals surface area contributed by atoms with Crippen LogP contribution < -0.4 is 5.32 Å². The number of piperidine rings is 1. The van der Waals surface area contributed by atoms with Crippen LogP contribution in [0.3, 0.4) is 0 Å². The van der Waals surface area contributed by atoms with Gasteiger partial charge < -0.3 is 20.1 Å². The molecule has 1 saturated heterocycles. The summed E-state index contributed by atoms with van der Waals surface area (Å²) in [5.41, 5.74) is 4.00. The standard InChI is InChI=1S/C28H34N2O5/c1-17-15-18(26(32)33)13-14-30(17)25(31)24(28(2,3)4)29-27(34)35-16-23-21-11-7-5-9-19(21)20-10-6-8-12-22(20)23/h5-12,17-18,23-24H,13-16H2,1-4H3,(H,29,34)(H,32,33)/t17-,18-,24?/m1/s1. The third-order valence-electron chi connectivity index (χ3n) is 7.23. The minimum atomic E-state index is -0.826. The van der Waals surface area contributed by atoms with E-state index in [2.05, 4.69) is 29.6 Å². The zero-order chi connectivity index (χ0) is 25.3. The molecule has 0 bridgehead atoms. The Bertz CT molecular complexity index is 1080. The molecule has 2 aromatic rings. The number of hydrogen-bond acceptors (Lipinski definition) is 4. The number of ether oxygens (including phenoxy) is 1. The zero-order valence-electron chi connectivity index (χ0n) is 20.8. The molecule has 1 heterocycles. The monoisotopic (exact) mass is 478 g/mol. The van der Waals surface area contributed by atoms with Crippen LogP contribution in [0.5, 0.6) is 0 Å². The largest absolute Gasteiger partial charge is 0.481 e. The van der Waals surface area contributed by atoms with Crippen LogP contribution in [-0.4, -0.2) is 53.2 Å². The van der Waals surface area contributed by atoms with E-state index in [0.29, 0.717) is 19.4 Å². The fraction of sp³-hybridized carbons (Fsp3) is 0.464. The number of rotatable bonds is 5. The fourth-order valence-corrected chi connectivity index (χ4v) is 5.30. The Kier molecular flexibility index (Phi) is 6.88. The third kappa shape index (κ3) is 5.04. The number of carbonyl (C=O) groups excluding carboxylic acids is 2. The summed E-state index contributed by atoms with van der Waals surface area (Å²) in [6, 6.07) is 15.3. The van der Waals surface area contributed by atoms with Crippen LogP contribution in [0, 0.1) is 11.3 Å². The predicted molar refractivity (Wildman–Crippen MR) is 133 cm³/mol. The summed E-state index contributed by atoms with van der Waals surface area (Å²) >= 11 is 0. The molecule has 0 saturated carbocycles. The molecule has 1 unspecified atom stereocenters. The molecule has 0 spiro atoms. The van der Waals surface area contributed by atoms with Crippen molar-refractivity contribution >= 4 is 18.0 Å². The third-order valence-corrected chi connectivity index (χ3v) is 7.23. The van der Waals surface area contributed by atoms with Crippen molar-refractivity contribution in [3.63, 3.8) is 0 Å². The average Bonchev–Trinajstić information content (AvgIpc) is 3.13. The van der Waals surface area contributed by atoms with Gasteiger partial charge in [-0.15, -0.1) is 0 Å². The number of fused-ring (bicyclic) bond motifs is 3. The van der Waals surface area contributed by atoms with E-state index >= 15 is 0 Å². The quantitative estimate of drug-likeness (QED) is 0.652. The molecular formula is C28H34N2O5. The lowest BCUT2D eigenvalue weighted by atomic mass is 9.84. The summed E-state index contributed by atoms with van der Waals surface area (Å²) in [4.78, 5) is 39.4. The number of hydrogen-bond donors (Lipinski definition) is 2. The van der Waals surface area contributed by atoms with Crippen molar-refractivity contribution in [1.29, 1.82) is 0 Å². The molecule has 0 aromatic heterocycles. The van der Waals surface area contributed by atoms with E-state index in [1.54, 1.807) is 4.90 Å². The van der Waals surface area contributed by atoms with Gasteiger partial charge in [0.1, 0.15) is 12.6 Å². The van der Waals surface area contributed by atoms with E-state index in [1.807, 2.05) is 52.0 Å². The first-order chi connectivity index (χ1) is 16.6. The van der Waals surface area contributed by atoms with E-state index in [0.717, 1.165) is 22.3 Å². The van der Waals surface area contributed by atoms with Crippen LogP contribution in [0.15, 0.2) is 48.5 Å². The van der Waals surface area contributed by atoms with Gasteiger partial charge in [0.05, 0.1) is 5.92 Å². The van der Waals surface area contributed by atoms with Gasteiger partial charge in [-0.3, -0.25) is 9.59 Å². The van der Waals surface area contributed by atoms with Crippen molar-refractivity contribution in [2.24, 2.45) is 11.3 Å². The van der Waals surface area contributed by atoms with Crippen LogP contribution in [0.25, 0.3) is 11.1 Å². The maximum absolute atomic E-state index is 13.5. The first-order valence-corrected chi connectivity index (χ1v) is 12.2. The number of benzene rings is 2. The van der Waals surface area contributed by atoms with Gasteiger partial charge in [-0.2, -0.15) is 0 Å². The Morgan fingerprint density at radius 2 is 1.63 bits per heavy atom. The molecule has 4 rings (SSSR count). The second kappa shape index (κ2) is 9.72. The van der Waals surface area contributed by atoms with Crippen molar-refractivity contribution in [3.8, 4) is 11.1 Å². The van der Waals surface area contributed by atoms with Gasteiger partial charge in [0.15, 0.2) is 0 Å². The highest BCUT2D eigenvalue weighted by atomic mass is 16.5. The molecule has 186 valence electrons. The number of nitrogens with one attached hydrogen (secondary N) is 1. The number of carboxylic acids is 1. The maximum Gasteiger partial charge on any atom is 0.407 e. The van der Waals surface area contributed by atoms with E-state index in [4.69, 9.17) is 4.74 Å². The molecule has 2 aliphatic rings. The summed E-state index contributed by atoms with van der Waals surface area (Å²) in [5, 5.41) is 12.1. The van der Waals surface area contributed by atoms with Crippen molar-refractivity contribution in [2.45, 2.75) is 58.5 Å². The van der Waals surface area contributed by atoms with Crippen molar-refractivity contribution in [2.75, 3.05) is 13.2 Å². The summed E-state index contributed by atoms with van der Waals surface area (Å²) in [5.74, 6) is -1.54. The van der Waals surface area contributed by atoms with Gasteiger partial charge in [0.2, 0.25) is 5.91 Å². The Labute approximate surface area is 206 Å². The predicted octanol–water partition coefficient (Wildman–Crippen LogP) is 4.65. The molecule has 7 heteroatoms. The van der Waals surface area contributed by atoms with E-state index < -0.39 is 29.4 Å². The lowest BCUT2D eigenvalue weighted by Crippen LogP contribution is -2.58. The zero-order valence-corrected chi connectivity index (χ0v) is 20.8. The highest BCUT2D eigenvalue weighted by Crippen LogP contribution is 2.44. The molecule has 1 aliphatic carbocycles. The normalized spacial score (nSPS) is 20.5. The van der Waals surface area contributed by atoms with Gasteiger partial charge in [0.25, 0.3) is 0 Å². The second-order valence-electron chi connectivity index (χ2n) is 10.7. The number of aliphatic carboxylic acids is 1. The highest BCUT2D eigenvalue weighted by Gasteiger charge is 2.40. The molecule has 1 aliphatic heterocycles. The number of alkyl carbamates (subject to hydrolysis) is 1. The lowest BCUT2D eigenvalue weighted by Gasteiger charge is -2.41. The molecule has 3 atom stereocenters. The van der Waals surface area contributed by atoms with Gasteiger partial charge >= 0.3 is 12.1 Å². The molecule has 2 aromatic carbocycles. The smallest absolute Gasteiger partial charge is 0.407 e. The first-order valence-electron chi connectivity index (χ1n) is 12.2. The van der Waals surface area contributed by atoms with Gasteiger partial charge in [-0.25, -0.2) is 4.79 Å². The van der Waals surface area contributed by atoms with Crippen LogP contribution in [-0.2, 0) is 14.3 Å². The van der Waals surface area contributed by atoms with Crippen LogP contribution >= 0.6 is 0 Å². The Morgan fingerprint density at radius 3 is 2.14 bits per heavy atom. The summed E-state index contributed by atoms with van der Waals surface area (Å²) in [6.45, 7) is 8.08. The minimum absolute atomic E-state index is 0.0630. The topological polar surface area (TPSA) is 95.9 Å². The number of carbonyl (C=O) groups is 3. The Hall–Kier alpha value is -3.35. The molecular weight excluding hydrogens is 444 g/mol. The van der Waals surface area contributed by atoms with Gasteiger partial charge in [-0.1, -0.05) is 69.3 Å². The fourth-order valence-electron chi connectivity index (χ4n) is 5.30. The van der Waals surface area contributed by atoms with E-state index in [-0.39, 0.29) is 24.5 Å². The van der Waals surface area contributed by atoms with Gasteiger partial charge in [0, 0.05) is 18.5 Å². The Balaban J connectivity index is 1.44. The summed E-state index contributed by atoms with van der Waals surface area (Å²) in [6.07, 6.45) is 0.184. The first kappa shape index (κ1) is 24.8. The Morgan fingerprint density at radius 1 is 1.06 bits per heavy atom. The van der Waals surface area contributed by atoms with Gasteiger partial charge in [-0.05, 0) is 47.4 Å². The van der Waals surface area contributed by atoms with Crippen LogP contribution in [0.4, 0.5) is 4.79 Å². The number of carboxylic acid groups (broad SMARTS) is 1. The van der Waals surface area contributed by atoms with Crippen LogP contribution in [0.1, 0.15) is 57.6 Å². The van der Waals surface area contributed by atoms with Crippen molar-refractivity contribution < 1.29 is 24.2 Å². The molecule has 0 radical (unpaired) electrons. The SMILES string of the molecule is C[C@@H]1C[C@H](C(=O)O)CCN1C(=O)C(NC(=O)OCC1c2ccccc2-c2ccccc21)C(C)(C)C. The number of amides is 2. The van der Waals surface area contributed by atoms with Crippen molar-refractivity contribution in [1.82, 2.24) is 10.2 Å². The summed E-state index contributed by atoms with van der Waals surface area (Å²) < 4.78 is 5.68. The average molecular weight is 479 g/mol. The van der Waals surface area contributed by atoms with Crippen molar-refractivity contribution in [3.05, 3.63) is 59.7 Å². The maximum atomic E-state index is 13.5. The molecule has 7 nitrogen and oxygen atoms in total. The number of likely N-dealkylation sites (tertiary alicyclic amines) is 1.